The van der Waals surface area contributed by atoms with Crippen LogP contribution in [0.15, 0.2) is 46.8 Å². The molecule has 3 aromatic rings. The van der Waals surface area contributed by atoms with Crippen molar-refractivity contribution in [1.29, 1.82) is 0 Å². The molecule has 0 spiro atoms. The van der Waals surface area contributed by atoms with Gasteiger partial charge in [-0.25, -0.2) is 0 Å². The Morgan fingerprint density at radius 1 is 1.21 bits per heavy atom. The van der Waals surface area contributed by atoms with Crippen molar-refractivity contribution in [2.24, 2.45) is 0 Å². The molecule has 0 bridgehead atoms. The largest absolute Gasteiger partial charge is 0.495 e. The van der Waals surface area contributed by atoms with Crippen LogP contribution >= 0.6 is 23.1 Å². The number of nitro benzene ring substituents is 1. The number of thioether (sulfide) groups is 1. The van der Waals surface area contributed by atoms with Gasteiger partial charge in [0.2, 0.25) is 11.0 Å². The first kappa shape index (κ1) is 20.6. The first-order chi connectivity index (χ1) is 14.0. The molecule has 2 N–H and O–H groups in total. The lowest BCUT2D eigenvalue weighted by molar-refractivity contribution is -0.385. The van der Waals surface area contributed by atoms with Crippen molar-refractivity contribution in [3.63, 3.8) is 0 Å². The normalized spacial score (nSPS) is 10.4. The van der Waals surface area contributed by atoms with E-state index in [1.807, 2.05) is 24.3 Å². The van der Waals surface area contributed by atoms with Gasteiger partial charge >= 0.3 is 0 Å². The van der Waals surface area contributed by atoms with E-state index in [-0.39, 0.29) is 17.3 Å². The number of nitro groups is 1. The number of amides is 1. The van der Waals surface area contributed by atoms with Crippen molar-refractivity contribution in [3.8, 4) is 5.75 Å². The summed E-state index contributed by atoms with van der Waals surface area (Å²) in [6.07, 6.45) is 0. The third-order valence-corrected chi connectivity index (χ3v) is 5.83. The summed E-state index contributed by atoms with van der Waals surface area (Å²) in [7, 11) is 1.59. The smallest absolute Gasteiger partial charge is 0.274 e. The van der Waals surface area contributed by atoms with Gasteiger partial charge in [0.05, 0.1) is 34.7 Å². The van der Waals surface area contributed by atoms with Crippen molar-refractivity contribution < 1.29 is 14.5 Å². The van der Waals surface area contributed by atoms with Crippen molar-refractivity contribution in [2.75, 3.05) is 23.5 Å². The first-order valence-corrected chi connectivity index (χ1v) is 10.2. The summed E-state index contributed by atoms with van der Waals surface area (Å²) in [5.74, 6) is 0.502. The predicted octanol–water partition coefficient (Wildman–Crippen LogP) is 4.24. The molecule has 2 aromatic carbocycles. The quantitative estimate of drug-likeness (QED) is 0.309. The molecule has 0 aliphatic heterocycles. The van der Waals surface area contributed by atoms with Crippen LogP contribution in [-0.4, -0.2) is 33.9 Å². The molecule has 3 rings (SSSR count). The Hall–Kier alpha value is -3.18. The number of methoxy groups -OCH3 is 1. The van der Waals surface area contributed by atoms with Gasteiger partial charge in [-0.1, -0.05) is 41.3 Å². The Bertz CT molecular complexity index is 1040. The molecular weight excluding hydrogens is 414 g/mol. The van der Waals surface area contributed by atoms with Crippen molar-refractivity contribution in [3.05, 3.63) is 58.1 Å². The molecule has 0 aliphatic carbocycles. The molecule has 0 saturated heterocycles. The highest BCUT2D eigenvalue weighted by molar-refractivity contribution is 8.01. The Morgan fingerprint density at radius 2 is 1.97 bits per heavy atom. The van der Waals surface area contributed by atoms with Crippen LogP contribution in [0.4, 0.5) is 22.2 Å². The summed E-state index contributed by atoms with van der Waals surface area (Å²) in [5, 5.41) is 25.5. The van der Waals surface area contributed by atoms with Gasteiger partial charge in [0, 0.05) is 6.07 Å². The SMILES string of the molecule is COc1ccccc1Nc1nnc(SCC(=O)Nc2cccc([N+](=O)[O-])c2C)s1. The predicted molar refractivity (Wildman–Crippen MR) is 113 cm³/mol. The summed E-state index contributed by atoms with van der Waals surface area (Å²) >= 11 is 2.54. The number of hydrogen-bond donors (Lipinski definition) is 2. The molecule has 0 atom stereocenters. The Balaban J connectivity index is 1.58. The Morgan fingerprint density at radius 3 is 2.72 bits per heavy atom. The highest BCUT2D eigenvalue weighted by atomic mass is 32.2. The van der Waals surface area contributed by atoms with Gasteiger partial charge in [0.1, 0.15) is 5.75 Å². The zero-order valence-corrected chi connectivity index (χ0v) is 17.2. The zero-order valence-electron chi connectivity index (χ0n) is 15.5. The number of carbonyl (C=O) groups is 1. The van der Waals surface area contributed by atoms with E-state index in [4.69, 9.17) is 4.74 Å². The number of carbonyl (C=O) groups excluding carboxylic acids is 1. The molecule has 150 valence electrons. The van der Waals surface area contributed by atoms with Crippen LogP contribution in [0, 0.1) is 17.0 Å². The summed E-state index contributed by atoms with van der Waals surface area (Å²) in [6.45, 7) is 1.60. The molecule has 11 heteroatoms. The topological polar surface area (TPSA) is 119 Å². The third kappa shape index (κ3) is 5.21. The summed E-state index contributed by atoms with van der Waals surface area (Å²) < 4.78 is 5.91. The molecule has 0 unspecified atom stereocenters. The molecule has 1 aromatic heterocycles. The number of benzene rings is 2. The number of para-hydroxylation sites is 2. The second-order valence-electron chi connectivity index (χ2n) is 5.74. The van der Waals surface area contributed by atoms with Crippen LogP contribution in [0.1, 0.15) is 5.56 Å². The number of hydrogen-bond acceptors (Lipinski definition) is 9. The average Bonchev–Trinajstić information content (AvgIpc) is 3.15. The molecule has 0 saturated carbocycles. The van der Waals surface area contributed by atoms with Crippen LogP contribution in [0.3, 0.4) is 0 Å². The van der Waals surface area contributed by atoms with Crippen LogP contribution in [0.2, 0.25) is 0 Å². The van der Waals surface area contributed by atoms with E-state index in [2.05, 4.69) is 20.8 Å². The van der Waals surface area contributed by atoms with E-state index in [1.165, 1.54) is 35.2 Å². The minimum Gasteiger partial charge on any atom is -0.495 e. The number of nitrogens with one attached hydrogen (secondary N) is 2. The summed E-state index contributed by atoms with van der Waals surface area (Å²) in [6, 6.07) is 12.0. The lowest BCUT2D eigenvalue weighted by atomic mass is 10.1. The van der Waals surface area contributed by atoms with Gasteiger partial charge in [-0.2, -0.15) is 0 Å². The van der Waals surface area contributed by atoms with E-state index in [9.17, 15) is 14.9 Å². The average molecular weight is 431 g/mol. The minimum atomic E-state index is -0.475. The van der Waals surface area contributed by atoms with Gasteiger partial charge < -0.3 is 15.4 Å². The standard InChI is InChI=1S/C18H17N5O4S2/c1-11-12(7-5-8-14(11)23(25)26)19-16(24)10-28-18-22-21-17(29-18)20-13-6-3-4-9-15(13)27-2/h3-9H,10H2,1-2H3,(H,19,24)(H,20,21). The third-order valence-electron chi connectivity index (χ3n) is 3.86. The Kier molecular flexibility index (Phi) is 6.62. The molecular formula is C18H17N5O4S2. The lowest BCUT2D eigenvalue weighted by Crippen LogP contribution is -2.15. The monoisotopic (exact) mass is 431 g/mol. The maximum atomic E-state index is 12.2. The highest BCUT2D eigenvalue weighted by Gasteiger charge is 2.15. The zero-order chi connectivity index (χ0) is 20.8. The van der Waals surface area contributed by atoms with Crippen LogP contribution in [0.5, 0.6) is 5.75 Å². The fourth-order valence-corrected chi connectivity index (χ4v) is 4.02. The second-order valence-corrected chi connectivity index (χ2v) is 7.94. The number of nitrogens with zero attached hydrogens (tertiary/aromatic N) is 3. The maximum absolute atomic E-state index is 12.2. The first-order valence-electron chi connectivity index (χ1n) is 8.38. The minimum absolute atomic E-state index is 0.0355. The molecule has 0 fully saturated rings. The van der Waals surface area contributed by atoms with E-state index in [1.54, 1.807) is 20.1 Å². The molecule has 29 heavy (non-hydrogen) atoms. The van der Waals surface area contributed by atoms with Gasteiger partial charge in [0.15, 0.2) is 4.34 Å². The van der Waals surface area contributed by atoms with E-state index in [0.29, 0.717) is 26.5 Å². The summed E-state index contributed by atoms with van der Waals surface area (Å²) in [4.78, 5) is 22.8. The van der Waals surface area contributed by atoms with E-state index in [0.717, 1.165) is 5.69 Å². The second kappa shape index (κ2) is 9.34. The fraction of sp³-hybridized carbons (Fsp3) is 0.167. The van der Waals surface area contributed by atoms with Gasteiger partial charge in [-0.15, -0.1) is 10.2 Å². The summed E-state index contributed by atoms with van der Waals surface area (Å²) in [5.41, 5.74) is 1.56. The van der Waals surface area contributed by atoms with E-state index >= 15 is 0 Å². The molecule has 9 nitrogen and oxygen atoms in total. The fourth-order valence-electron chi connectivity index (χ4n) is 2.45. The lowest BCUT2D eigenvalue weighted by Gasteiger charge is -2.08. The van der Waals surface area contributed by atoms with Crippen molar-refractivity contribution in [1.82, 2.24) is 10.2 Å². The van der Waals surface area contributed by atoms with Crippen molar-refractivity contribution in [2.45, 2.75) is 11.3 Å². The highest BCUT2D eigenvalue weighted by Crippen LogP contribution is 2.31. The van der Waals surface area contributed by atoms with Gasteiger partial charge in [-0.3, -0.25) is 14.9 Å². The van der Waals surface area contributed by atoms with Crippen LogP contribution in [0.25, 0.3) is 0 Å². The number of aromatic nitrogens is 2. The van der Waals surface area contributed by atoms with Gasteiger partial charge in [-0.05, 0) is 25.1 Å². The van der Waals surface area contributed by atoms with Crippen molar-refractivity contribution >= 4 is 51.2 Å². The molecule has 1 amide bonds. The molecule has 1 heterocycles. The number of rotatable bonds is 8. The molecule has 0 radical (unpaired) electrons. The Labute approximate surface area is 174 Å². The number of anilines is 3. The van der Waals surface area contributed by atoms with Gasteiger partial charge in [0.25, 0.3) is 5.69 Å². The van der Waals surface area contributed by atoms with Crippen LogP contribution in [-0.2, 0) is 4.79 Å². The van der Waals surface area contributed by atoms with Crippen LogP contribution < -0.4 is 15.4 Å². The molecule has 0 aliphatic rings. The number of ether oxygens (including phenoxy) is 1. The van der Waals surface area contributed by atoms with E-state index < -0.39 is 4.92 Å². The maximum Gasteiger partial charge on any atom is 0.274 e.